The molecular formula is C23H24N2O3S. The lowest BCUT2D eigenvalue weighted by molar-refractivity contribution is -0.121. The summed E-state index contributed by atoms with van der Waals surface area (Å²) in [6.45, 7) is 4.41. The van der Waals surface area contributed by atoms with Gasteiger partial charge in [0.15, 0.2) is 0 Å². The van der Waals surface area contributed by atoms with Crippen molar-refractivity contribution in [1.29, 1.82) is 0 Å². The molecule has 3 aromatic rings. The van der Waals surface area contributed by atoms with E-state index in [9.17, 15) is 13.2 Å². The number of sulfonamides is 1. The molecule has 1 aliphatic heterocycles. The number of aryl methyl sites for hydroxylation is 1. The number of carbonyl (C=O) groups excluding carboxylic acids is 1. The van der Waals surface area contributed by atoms with Crippen LogP contribution < -0.4 is 9.62 Å². The van der Waals surface area contributed by atoms with Crippen molar-refractivity contribution in [2.24, 2.45) is 5.92 Å². The number of anilines is 2. The summed E-state index contributed by atoms with van der Waals surface area (Å²) < 4.78 is 28.9. The Hall–Kier alpha value is -2.86. The van der Waals surface area contributed by atoms with E-state index in [4.69, 9.17) is 0 Å². The van der Waals surface area contributed by atoms with Crippen LogP contribution in [0.15, 0.2) is 65.6 Å². The molecule has 29 heavy (non-hydrogen) atoms. The van der Waals surface area contributed by atoms with Gasteiger partial charge >= 0.3 is 0 Å². The molecule has 0 atom stereocenters. The predicted molar refractivity (Wildman–Crippen MR) is 117 cm³/mol. The highest BCUT2D eigenvalue weighted by Crippen LogP contribution is 2.32. The first-order valence-electron chi connectivity index (χ1n) is 9.82. The molecule has 0 saturated heterocycles. The summed E-state index contributed by atoms with van der Waals surface area (Å²) >= 11 is 0. The normalized spacial score (nSPS) is 14.1. The van der Waals surface area contributed by atoms with Crippen LogP contribution in [0.25, 0.3) is 10.8 Å². The zero-order valence-electron chi connectivity index (χ0n) is 16.6. The predicted octanol–water partition coefficient (Wildman–Crippen LogP) is 4.58. The van der Waals surface area contributed by atoms with E-state index < -0.39 is 10.0 Å². The van der Waals surface area contributed by atoms with Crippen molar-refractivity contribution in [2.75, 3.05) is 16.2 Å². The van der Waals surface area contributed by atoms with Gasteiger partial charge in [-0.1, -0.05) is 56.3 Å². The maximum absolute atomic E-state index is 13.1. The van der Waals surface area contributed by atoms with Gasteiger partial charge in [-0.15, -0.1) is 0 Å². The van der Waals surface area contributed by atoms with E-state index in [1.807, 2.05) is 44.2 Å². The van der Waals surface area contributed by atoms with E-state index in [2.05, 4.69) is 4.72 Å². The maximum atomic E-state index is 13.1. The molecule has 4 rings (SSSR count). The van der Waals surface area contributed by atoms with E-state index in [0.717, 1.165) is 29.5 Å². The molecule has 1 heterocycles. The smallest absolute Gasteiger partial charge is 0.262 e. The van der Waals surface area contributed by atoms with Crippen LogP contribution in [0.2, 0.25) is 0 Å². The SMILES string of the molecule is CC(C)C(=O)N1CCCc2ccc(NS(=O)(=O)c3cccc4ccccc34)cc21. The lowest BCUT2D eigenvalue weighted by atomic mass is 9.99. The third kappa shape index (κ3) is 3.72. The van der Waals surface area contributed by atoms with Crippen molar-refractivity contribution < 1.29 is 13.2 Å². The Morgan fingerprint density at radius 1 is 1.03 bits per heavy atom. The van der Waals surface area contributed by atoms with Gasteiger partial charge in [0.05, 0.1) is 10.6 Å². The molecule has 6 heteroatoms. The average Bonchev–Trinajstić information content (AvgIpc) is 2.72. The molecule has 0 aliphatic carbocycles. The largest absolute Gasteiger partial charge is 0.312 e. The van der Waals surface area contributed by atoms with Crippen molar-refractivity contribution in [1.82, 2.24) is 0 Å². The van der Waals surface area contributed by atoms with E-state index in [-0.39, 0.29) is 16.7 Å². The molecule has 0 fully saturated rings. The minimum absolute atomic E-state index is 0.0556. The Kier molecular flexibility index (Phi) is 5.04. The third-order valence-corrected chi connectivity index (χ3v) is 6.69. The highest BCUT2D eigenvalue weighted by molar-refractivity contribution is 7.93. The first kappa shape index (κ1) is 19.5. The van der Waals surface area contributed by atoms with Gasteiger partial charge in [0.1, 0.15) is 0 Å². The zero-order chi connectivity index (χ0) is 20.6. The molecule has 0 saturated carbocycles. The van der Waals surface area contributed by atoms with Gasteiger partial charge in [-0.3, -0.25) is 9.52 Å². The lowest BCUT2D eigenvalue weighted by Crippen LogP contribution is -2.38. The number of benzene rings is 3. The molecule has 1 aliphatic rings. The Morgan fingerprint density at radius 2 is 1.79 bits per heavy atom. The van der Waals surface area contributed by atoms with E-state index in [1.54, 1.807) is 35.2 Å². The molecule has 0 bridgehead atoms. The maximum Gasteiger partial charge on any atom is 0.262 e. The number of nitrogens with zero attached hydrogens (tertiary/aromatic N) is 1. The van der Waals surface area contributed by atoms with Gasteiger partial charge in [-0.2, -0.15) is 0 Å². The average molecular weight is 409 g/mol. The van der Waals surface area contributed by atoms with Crippen LogP contribution in [0.3, 0.4) is 0 Å². The number of hydrogen-bond acceptors (Lipinski definition) is 3. The first-order valence-corrected chi connectivity index (χ1v) is 11.3. The fourth-order valence-corrected chi connectivity index (χ4v) is 5.10. The monoisotopic (exact) mass is 408 g/mol. The van der Waals surface area contributed by atoms with E-state index >= 15 is 0 Å². The van der Waals surface area contributed by atoms with Crippen LogP contribution in [0.5, 0.6) is 0 Å². The summed E-state index contributed by atoms with van der Waals surface area (Å²) in [4.78, 5) is 14.6. The number of carbonyl (C=O) groups is 1. The fraction of sp³-hybridized carbons (Fsp3) is 0.261. The Labute approximate surface area is 171 Å². The summed E-state index contributed by atoms with van der Waals surface area (Å²) in [6.07, 6.45) is 1.79. The summed E-state index contributed by atoms with van der Waals surface area (Å²) in [5.41, 5.74) is 2.33. The number of nitrogens with one attached hydrogen (secondary N) is 1. The summed E-state index contributed by atoms with van der Waals surface area (Å²) in [5, 5.41) is 1.55. The second kappa shape index (κ2) is 7.52. The highest BCUT2D eigenvalue weighted by atomic mass is 32.2. The summed E-state index contributed by atoms with van der Waals surface area (Å²) in [7, 11) is -3.77. The zero-order valence-corrected chi connectivity index (χ0v) is 17.4. The minimum atomic E-state index is -3.77. The third-order valence-electron chi connectivity index (χ3n) is 5.26. The summed E-state index contributed by atoms with van der Waals surface area (Å²) in [5.74, 6) is -0.0583. The molecule has 0 radical (unpaired) electrons. The van der Waals surface area contributed by atoms with Gasteiger partial charge < -0.3 is 4.90 Å². The molecule has 1 amide bonds. The lowest BCUT2D eigenvalue weighted by Gasteiger charge is -2.31. The van der Waals surface area contributed by atoms with Crippen molar-refractivity contribution in [3.05, 3.63) is 66.2 Å². The number of rotatable bonds is 4. The quantitative estimate of drug-likeness (QED) is 0.687. The van der Waals surface area contributed by atoms with Gasteiger partial charge in [0.25, 0.3) is 10.0 Å². The molecule has 5 nitrogen and oxygen atoms in total. The van der Waals surface area contributed by atoms with Crippen LogP contribution in [0.4, 0.5) is 11.4 Å². The standard InChI is InChI=1S/C23H24N2O3S/c1-16(2)23(26)25-14-6-9-18-12-13-19(15-21(18)25)24-29(27,28)22-11-5-8-17-7-3-4-10-20(17)22/h3-5,7-8,10-13,15-16,24H,6,9,14H2,1-2H3. The number of fused-ring (bicyclic) bond motifs is 2. The Balaban J connectivity index is 1.71. The highest BCUT2D eigenvalue weighted by Gasteiger charge is 2.25. The minimum Gasteiger partial charge on any atom is -0.312 e. The van der Waals surface area contributed by atoms with Crippen molar-refractivity contribution in [3.63, 3.8) is 0 Å². The molecule has 0 spiro atoms. The fourth-order valence-electron chi connectivity index (χ4n) is 3.82. The van der Waals surface area contributed by atoms with Gasteiger partial charge in [-0.05, 0) is 42.0 Å². The topological polar surface area (TPSA) is 66.5 Å². The van der Waals surface area contributed by atoms with Crippen molar-refractivity contribution in [2.45, 2.75) is 31.6 Å². The number of hydrogen-bond donors (Lipinski definition) is 1. The first-order chi connectivity index (χ1) is 13.9. The number of amides is 1. The van der Waals surface area contributed by atoms with Crippen molar-refractivity contribution >= 4 is 38.1 Å². The molecule has 0 unspecified atom stereocenters. The van der Waals surface area contributed by atoms with Crippen LogP contribution in [0, 0.1) is 5.92 Å². The molecule has 1 N–H and O–H groups in total. The molecule has 0 aromatic heterocycles. The van der Waals surface area contributed by atoms with E-state index in [0.29, 0.717) is 17.6 Å². The molecule has 3 aromatic carbocycles. The molecular weight excluding hydrogens is 384 g/mol. The molecule has 150 valence electrons. The Bertz CT molecular complexity index is 1180. The van der Waals surface area contributed by atoms with Gasteiger partial charge in [0, 0.05) is 23.5 Å². The van der Waals surface area contributed by atoms with Gasteiger partial charge in [-0.25, -0.2) is 8.42 Å². The Morgan fingerprint density at radius 3 is 2.59 bits per heavy atom. The van der Waals surface area contributed by atoms with Crippen LogP contribution in [-0.2, 0) is 21.2 Å². The second-order valence-electron chi connectivity index (χ2n) is 7.67. The van der Waals surface area contributed by atoms with Crippen LogP contribution in [-0.4, -0.2) is 20.9 Å². The van der Waals surface area contributed by atoms with Gasteiger partial charge in [0.2, 0.25) is 5.91 Å². The second-order valence-corrected chi connectivity index (χ2v) is 9.33. The van der Waals surface area contributed by atoms with Crippen molar-refractivity contribution in [3.8, 4) is 0 Å². The summed E-state index contributed by atoms with van der Waals surface area (Å²) in [6, 6.07) is 18.1. The van der Waals surface area contributed by atoms with E-state index in [1.165, 1.54) is 0 Å². The van der Waals surface area contributed by atoms with Crippen LogP contribution >= 0.6 is 0 Å². The van der Waals surface area contributed by atoms with Crippen LogP contribution in [0.1, 0.15) is 25.8 Å².